The second kappa shape index (κ2) is 11.0. The average Bonchev–Trinajstić information content (AvgIpc) is 2.95. The van der Waals surface area contributed by atoms with E-state index in [1.807, 2.05) is 13.8 Å². The maximum absolute atomic E-state index is 13.3. The maximum Gasteiger partial charge on any atom is 0.244 e. The topological polar surface area (TPSA) is 96.0 Å². The Hall–Kier alpha value is -2.56. The number of sulfonamides is 1. The second-order valence-corrected chi connectivity index (χ2v) is 12.1. The van der Waals surface area contributed by atoms with Crippen LogP contribution < -0.4 is 15.0 Å². The zero-order valence-corrected chi connectivity index (χ0v) is 21.7. The molecule has 35 heavy (non-hydrogen) atoms. The van der Waals surface area contributed by atoms with Gasteiger partial charge in [-0.15, -0.1) is 11.8 Å². The van der Waals surface area contributed by atoms with E-state index in [1.165, 1.54) is 21.0 Å². The molecule has 1 atom stereocenters. The molecule has 10 heteroatoms. The first-order chi connectivity index (χ1) is 16.8. The van der Waals surface area contributed by atoms with Gasteiger partial charge in [0.1, 0.15) is 12.3 Å². The molecular formula is C25H31N3O5S2. The molecule has 0 unspecified atom stereocenters. The molecule has 0 aliphatic carbocycles. The summed E-state index contributed by atoms with van der Waals surface area (Å²) in [4.78, 5) is 28.4. The van der Waals surface area contributed by atoms with E-state index in [0.717, 1.165) is 24.2 Å². The molecule has 2 aromatic rings. The van der Waals surface area contributed by atoms with Crippen molar-refractivity contribution in [1.29, 1.82) is 0 Å². The molecule has 0 spiro atoms. The van der Waals surface area contributed by atoms with Crippen molar-refractivity contribution >= 4 is 45.0 Å². The minimum absolute atomic E-state index is 0.00460. The van der Waals surface area contributed by atoms with Crippen LogP contribution in [0.25, 0.3) is 0 Å². The highest BCUT2D eigenvalue weighted by Crippen LogP contribution is 2.39. The summed E-state index contributed by atoms with van der Waals surface area (Å²) in [6.45, 7) is 5.19. The minimum Gasteiger partial charge on any atom is -0.494 e. The Morgan fingerprint density at radius 2 is 1.83 bits per heavy atom. The molecule has 2 heterocycles. The molecule has 2 aromatic carbocycles. The van der Waals surface area contributed by atoms with E-state index in [2.05, 4.69) is 5.32 Å². The summed E-state index contributed by atoms with van der Waals surface area (Å²) >= 11 is 1.52. The SMILES string of the molecule is CCOc1ccc(NC(=O)CN2C(=O)C[C@H](C)Sc3ccc(S(=O)(=O)N4CCCCC4)cc32)cc1. The van der Waals surface area contributed by atoms with Crippen LogP contribution in [0.15, 0.2) is 52.3 Å². The Kier molecular flexibility index (Phi) is 8.03. The van der Waals surface area contributed by atoms with E-state index < -0.39 is 10.0 Å². The van der Waals surface area contributed by atoms with Crippen LogP contribution in [0.4, 0.5) is 11.4 Å². The molecule has 0 aromatic heterocycles. The Morgan fingerprint density at radius 3 is 2.51 bits per heavy atom. The number of ether oxygens (including phenoxy) is 1. The molecule has 1 N–H and O–H groups in total. The fourth-order valence-electron chi connectivity index (χ4n) is 4.29. The molecular weight excluding hydrogens is 486 g/mol. The third-order valence-electron chi connectivity index (χ3n) is 6.02. The quantitative estimate of drug-likeness (QED) is 0.594. The number of fused-ring (bicyclic) bond motifs is 1. The highest BCUT2D eigenvalue weighted by molar-refractivity contribution is 8.00. The van der Waals surface area contributed by atoms with Gasteiger partial charge in [0.2, 0.25) is 21.8 Å². The van der Waals surface area contributed by atoms with E-state index in [1.54, 1.807) is 42.5 Å². The molecule has 2 amide bonds. The molecule has 0 saturated carbocycles. The van der Waals surface area contributed by atoms with Gasteiger partial charge >= 0.3 is 0 Å². The first-order valence-electron chi connectivity index (χ1n) is 11.9. The number of carbonyl (C=O) groups is 2. The molecule has 188 valence electrons. The molecule has 1 fully saturated rings. The number of rotatable bonds is 7. The van der Waals surface area contributed by atoms with E-state index in [0.29, 0.717) is 36.8 Å². The smallest absolute Gasteiger partial charge is 0.244 e. The van der Waals surface area contributed by atoms with Crippen molar-refractivity contribution in [2.75, 3.05) is 36.5 Å². The first kappa shape index (κ1) is 25.5. The predicted octanol–water partition coefficient (Wildman–Crippen LogP) is 4.12. The fraction of sp³-hybridized carbons (Fsp3) is 0.440. The van der Waals surface area contributed by atoms with Gasteiger partial charge in [-0.2, -0.15) is 4.31 Å². The van der Waals surface area contributed by atoms with Crippen molar-refractivity contribution in [2.24, 2.45) is 0 Å². The normalized spacial score (nSPS) is 19.1. The Morgan fingerprint density at radius 1 is 1.11 bits per heavy atom. The van der Waals surface area contributed by atoms with Gasteiger partial charge in [-0.25, -0.2) is 8.42 Å². The number of hydrogen-bond acceptors (Lipinski definition) is 6. The van der Waals surface area contributed by atoms with Crippen LogP contribution in [0.2, 0.25) is 0 Å². The van der Waals surface area contributed by atoms with Crippen LogP contribution in [0.3, 0.4) is 0 Å². The lowest BCUT2D eigenvalue weighted by Crippen LogP contribution is -2.39. The van der Waals surface area contributed by atoms with E-state index >= 15 is 0 Å². The van der Waals surface area contributed by atoms with Gasteiger partial charge in [0.25, 0.3) is 0 Å². The van der Waals surface area contributed by atoms with Crippen LogP contribution in [0, 0.1) is 0 Å². The molecule has 2 aliphatic rings. The summed E-state index contributed by atoms with van der Waals surface area (Å²) in [7, 11) is -3.67. The van der Waals surface area contributed by atoms with Gasteiger partial charge in [0, 0.05) is 35.3 Å². The maximum atomic E-state index is 13.3. The summed E-state index contributed by atoms with van der Waals surface area (Å²) in [5.41, 5.74) is 1.05. The van der Waals surface area contributed by atoms with Gasteiger partial charge in [-0.05, 0) is 62.2 Å². The third-order valence-corrected chi connectivity index (χ3v) is 9.08. The van der Waals surface area contributed by atoms with Crippen molar-refractivity contribution in [3.8, 4) is 5.75 Å². The van der Waals surface area contributed by atoms with Crippen molar-refractivity contribution in [1.82, 2.24) is 4.31 Å². The summed E-state index contributed by atoms with van der Waals surface area (Å²) in [5.74, 6) is 0.131. The first-order valence-corrected chi connectivity index (χ1v) is 14.2. The van der Waals surface area contributed by atoms with Crippen LogP contribution >= 0.6 is 11.8 Å². The lowest BCUT2D eigenvalue weighted by Gasteiger charge is -2.27. The summed E-state index contributed by atoms with van der Waals surface area (Å²) < 4.78 is 33.5. The molecule has 1 saturated heterocycles. The van der Waals surface area contributed by atoms with Gasteiger partial charge in [-0.1, -0.05) is 13.3 Å². The summed E-state index contributed by atoms with van der Waals surface area (Å²) in [6.07, 6.45) is 2.96. The lowest BCUT2D eigenvalue weighted by molar-refractivity contribution is -0.121. The van der Waals surface area contributed by atoms with Crippen LogP contribution in [0.5, 0.6) is 5.75 Å². The number of carbonyl (C=O) groups excluding carboxylic acids is 2. The second-order valence-electron chi connectivity index (χ2n) is 8.71. The molecule has 0 radical (unpaired) electrons. The van der Waals surface area contributed by atoms with E-state index in [4.69, 9.17) is 4.74 Å². The Balaban J connectivity index is 1.59. The van der Waals surface area contributed by atoms with Crippen molar-refractivity contribution in [3.05, 3.63) is 42.5 Å². The zero-order chi connectivity index (χ0) is 25.0. The highest BCUT2D eigenvalue weighted by atomic mass is 32.2. The van der Waals surface area contributed by atoms with E-state index in [-0.39, 0.29) is 34.9 Å². The largest absolute Gasteiger partial charge is 0.494 e. The molecule has 0 bridgehead atoms. The molecule has 4 rings (SSSR count). The van der Waals surface area contributed by atoms with Gasteiger partial charge < -0.3 is 15.0 Å². The van der Waals surface area contributed by atoms with Crippen molar-refractivity contribution in [3.63, 3.8) is 0 Å². The molecule has 8 nitrogen and oxygen atoms in total. The monoisotopic (exact) mass is 517 g/mol. The average molecular weight is 518 g/mol. The number of nitrogens with zero attached hydrogens (tertiary/aromatic N) is 2. The fourth-order valence-corrected chi connectivity index (χ4v) is 6.92. The zero-order valence-electron chi connectivity index (χ0n) is 20.0. The minimum atomic E-state index is -3.67. The number of thioether (sulfide) groups is 1. The number of piperidine rings is 1. The van der Waals surface area contributed by atoms with Gasteiger partial charge in [-0.3, -0.25) is 9.59 Å². The number of nitrogens with one attached hydrogen (secondary N) is 1. The summed E-state index contributed by atoms with van der Waals surface area (Å²) in [6, 6.07) is 11.9. The van der Waals surface area contributed by atoms with Crippen LogP contribution in [-0.4, -0.2) is 56.0 Å². The number of hydrogen-bond donors (Lipinski definition) is 1. The number of benzene rings is 2. The van der Waals surface area contributed by atoms with Crippen molar-refractivity contribution in [2.45, 2.75) is 54.6 Å². The van der Waals surface area contributed by atoms with Gasteiger partial charge in [0.05, 0.1) is 17.2 Å². The highest BCUT2D eigenvalue weighted by Gasteiger charge is 2.31. The van der Waals surface area contributed by atoms with Crippen LogP contribution in [0.1, 0.15) is 39.5 Å². The predicted molar refractivity (Wildman–Crippen MR) is 138 cm³/mol. The van der Waals surface area contributed by atoms with Crippen molar-refractivity contribution < 1.29 is 22.7 Å². The lowest BCUT2D eigenvalue weighted by atomic mass is 10.2. The van der Waals surface area contributed by atoms with Crippen LogP contribution in [-0.2, 0) is 19.6 Å². The van der Waals surface area contributed by atoms with E-state index in [9.17, 15) is 18.0 Å². The Bertz CT molecular complexity index is 1180. The van der Waals surface area contributed by atoms with Gasteiger partial charge in [0.15, 0.2) is 0 Å². The standard InChI is InChI=1S/C25H31N3O5S2/c1-3-33-20-9-7-19(8-10-20)26-24(29)17-28-22-16-21(35(31,32)27-13-5-4-6-14-27)11-12-23(22)34-18(2)15-25(28)30/h7-12,16,18H,3-6,13-15,17H2,1-2H3,(H,26,29)/t18-/m0/s1. The Labute approximate surface area is 211 Å². The number of amides is 2. The summed E-state index contributed by atoms with van der Waals surface area (Å²) in [5, 5.41) is 2.82. The number of anilines is 2. The third kappa shape index (κ3) is 5.99. The molecule has 2 aliphatic heterocycles.